The Morgan fingerprint density at radius 1 is 1.10 bits per heavy atom. The highest BCUT2D eigenvalue weighted by Gasteiger charge is 2.06. The van der Waals surface area contributed by atoms with Crippen molar-refractivity contribution in [3.63, 3.8) is 0 Å². The van der Waals surface area contributed by atoms with Crippen LogP contribution in [0.1, 0.15) is 18.1 Å². The summed E-state index contributed by atoms with van der Waals surface area (Å²) < 4.78 is 38.6. The highest BCUT2D eigenvalue weighted by molar-refractivity contribution is 14.0. The van der Waals surface area contributed by atoms with Gasteiger partial charge in [-0.1, -0.05) is 12.1 Å². The molecule has 1 aromatic rings. The Hall–Kier alpha value is -1.11. The molecule has 168 valence electrons. The van der Waals surface area contributed by atoms with Gasteiger partial charge in [-0.2, -0.15) is 0 Å². The molecular weight excluding hydrogens is 509 g/mol. The van der Waals surface area contributed by atoms with Gasteiger partial charge in [0.1, 0.15) is 22.2 Å². The van der Waals surface area contributed by atoms with Crippen LogP contribution in [0, 0.1) is 6.92 Å². The maximum Gasteiger partial charge on any atom is 0.191 e. The predicted octanol–water partition coefficient (Wildman–Crippen LogP) is 1.75. The van der Waals surface area contributed by atoms with Gasteiger partial charge >= 0.3 is 0 Å². The Kier molecular flexibility index (Phi) is 15.1. The summed E-state index contributed by atoms with van der Waals surface area (Å²) in [7, 11) is -1.30. The summed E-state index contributed by atoms with van der Waals surface area (Å²) in [5.74, 6) is 1.48. The van der Waals surface area contributed by atoms with Crippen LogP contribution < -0.4 is 15.4 Å². The lowest BCUT2D eigenvalue weighted by molar-refractivity contribution is 0.110. The molecule has 0 aliphatic heterocycles. The minimum absolute atomic E-state index is 0. The fourth-order valence-corrected chi connectivity index (χ4v) is 2.67. The average molecular weight is 543 g/mol. The molecule has 8 nitrogen and oxygen atoms in total. The summed E-state index contributed by atoms with van der Waals surface area (Å²) in [6.07, 6.45) is 1.19. The van der Waals surface area contributed by atoms with Crippen LogP contribution in [0.25, 0.3) is 0 Å². The SMILES string of the molecule is CCOCCOc1cc(C)ccc1CNC(=NC)NCCOCCS(C)(=O)=O.I. The van der Waals surface area contributed by atoms with Crippen molar-refractivity contribution >= 4 is 39.8 Å². The Balaban J connectivity index is 0.00000784. The van der Waals surface area contributed by atoms with Crippen molar-refractivity contribution in [1.82, 2.24) is 10.6 Å². The molecule has 0 atom stereocenters. The van der Waals surface area contributed by atoms with Crippen molar-refractivity contribution in [3.8, 4) is 5.75 Å². The van der Waals surface area contributed by atoms with Crippen molar-refractivity contribution in [2.45, 2.75) is 20.4 Å². The van der Waals surface area contributed by atoms with Crippen LogP contribution in [0.5, 0.6) is 5.75 Å². The van der Waals surface area contributed by atoms with Crippen molar-refractivity contribution in [1.29, 1.82) is 0 Å². The van der Waals surface area contributed by atoms with Gasteiger partial charge in [-0.25, -0.2) is 8.42 Å². The fraction of sp³-hybridized carbons (Fsp3) is 0.632. The lowest BCUT2D eigenvalue weighted by Crippen LogP contribution is -2.38. The zero-order valence-corrected chi connectivity index (χ0v) is 20.8. The lowest BCUT2D eigenvalue weighted by atomic mass is 10.1. The third-order valence-electron chi connectivity index (χ3n) is 3.72. The maximum atomic E-state index is 11.0. The fourth-order valence-electron chi connectivity index (χ4n) is 2.25. The summed E-state index contributed by atoms with van der Waals surface area (Å²) >= 11 is 0. The van der Waals surface area contributed by atoms with Crippen LogP contribution in [-0.2, 0) is 25.9 Å². The third kappa shape index (κ3) is 13.7. The number of rotatable bonds is 13. The number of sulfone groups is 1. The molecule has 0 aliphatic carbocycles. The van der Waals surface area contributed by atoms with Gasteiger partial charge in [-0.05, 0) is 25.5 Å². The number of aryl methyl sites for hydroxylation is 1. The van der Waals surface area contributed by atoms with Gasteiger partial charge in [0.15, 0.2) is 5.96 Å². The summed E-state index contributed by atoms with van der Waals surface area (Å²) in [6, 6.07) is 6.08. The number of nitrogens with one attached hydrogen (secondary N) is 2. The van der Waals surface area contributed by atoms with E-state index in [2.05, 4.69) is 15.6 Å². The van der Waals surface area contributed by atoms with Crippen LogP contribution >= 0.6 is 24.0 Å². The van der Waals surface area contributed by atoms with Crippen LogP contribution in [0.2, 0.25) is 0 Å². The van der Waals surface area contributed by atoms with E-state index in [-0.39, 0.29) is 36.3 Å². The first-order chi connectivity index (χ1) is 13.4. The average Bonchev–Trinajstić information content (AvgIpc) is 2.64. The highest BCUT2D eigenvalue weighted by atomic mass is 127. The first-order valence-electron chi connectivity index (χ1n) is 9.35. The minimum Gasteiger partial charge on any atom is -0.491 e. The molecule has 0 fully saturated rings. The second kappa shape index (κ2) is 15.7. The second-order valence-electron chi connectivity index (χ2n) is 6.25. The van der Waals surface area contributed by atoms with Gasteiger partial charge in [0.2, 0.25) is 0 Å². The summed E-state index contributed by atoms with van der Waals surface area (Å²) in [5, 5.41) is 6.37. The molecule has 1 aromatic carbocycles. The van der Waals surface area contributed by atoms with Gasteiger partial charge < -0.3 is 24.8 Å². The molecule has 10 heteroatoms. The maximum absolute atomic E-state index is 11.0. The summed E-state index contributed by atoms with van der Waals surface area (Å²) in [4.78, 5) is 4.18. The minimum atomic E-state index is -2.99. The van der Waals surface area contributed by atoms with Crippen LogP contribution in [0.3, 0.4) is 0 Å². The number of aliphatic imine (C=N–C) groups is 1. The smallest absolute Gasteiger partial charge is 0.191 e. The van der Waals surface area contributed by atoms with E-state index in [1.54, 1.807) is 7.05 Å². The Bertz CT molecular complexity index is 714. The third-order valence-corrected chi connectivity index (χ3v) is 4.63. The molecule has 0 saturated heterocycles. The van der Waals surface area contributed by atoms with Crippen molar-refractivity contribution < 1.29 is 22.6 Å². The molecular formula is C19H34IN3O5S. The molecule has 0 amide bonds. The summed E-state index contributed by atoms with van der Waals surface area (Å²) in [6.45, 7) is 7.38. The predicted molar refractivity (Wildman–Crippen MR) is 127 cm³/mol. The number of halogens is 1. The van der Waals surface area contributed by atoms with Crippen LogP contribution in [-0.4, -0.2) is 73.0 Å². The standard InChI is InChI=1S/C19H33N3O5S.HI/c1-5-25-10-11-27-18-14-16(2)6-7-17(18)15-22-19(20-3)21-8-9-26-12-13-28(4,23)24;/h6-7,14H,5,8-13,15H2,1-4H3,(H2,20,21,22);1H. The molecule has 29 heavy (non-hydrogen) atoms. The first kappa shape index (κ1) is 27.9. The van der Waals surface area contributed by atoms with E-state index in [1.807, 2.05) is 32.0 Å². The second-order valence-corrected chi connectivity index (χ2v) is 8.51. The van der Waals surface area contributed by atoms with E-state index in [9.17, 15) is 8.42 Å². The molecule has 0 unspecified atom stereocenters. The topological polar surface area (TPSA) is 98.2 Å². The number of benzene rings is 1. The van der Waals surface area contributed by atoms with Crippen molar-refractivity contribution in [2.24, 2.45) is 4.99 Å². The number of nitrogens with zero attached hydrogens (tertiary/aromatic N) is 1. The molecule has 2 N–H and O–H groups in total. The molecule has 0 aromatic heterocycles. The number of ether oxygens (including phenoxy) is 3. The quantitative estimate of drug-likeness (QED) is 0.169. The van der Waals surface area contributed by atoms with Crippen LogP contribution in [0.4, 0.5) is 0 Å². The molecule has 0 saturated carbocycles. The van der Waals surface area contributed by atoms with E-state index >= 15 is 0 Å². The largest absolute Gasteiger partial charge is 0.491 e. The lowest BCUT2D eigenvalue weighted by Gasteiger charge is -2.15. The molecule has 0 bridgehead atoms. The Morgan fingerprint density at radius 3 is 2.52 bits per heavy atom. The summed E-state index contributed by atoms with van der Waals surface area (Å²) in [5.41, 5.74) is 2.15. The van der Waals surface area contributed by atoms with Gasteiger partial charge in [-0.3, -0.25) is 4.99 Å². The number of guanidine groups is 1. The van der Waals surface area contributed by atoms with E-state index in [4.69, 9.17) is 14.2 Å². The monoisotopic (exact) mass is 543 g/mol. The van der Waals surface area contributed by atoms with Gasteiger partial charge in [-0.15, -0.1) is 24.0 Å². The number of hydrogen-bond acceptors (Lipinski definition) is 6. The normalized spacial score (nSPS) is 11.7. The van der Waals surface area contributed by atoms with Gasteiger partial charge in [0.25, 0.3) is 0 Å². The molecule has 0 heterocycles. The van der Waals surface area contributed by atoms with E-state index in [1.165, 1.54) is 6.26 Å². The van der Waals surface area contributed by atoms with Crippen LogP contribution in [0.15, 0.2) is 23.2 Å². The van der Waals surface area contributed by atoms with E-state index in [0.29, 0.717) is 45.5 Å². The van der Waals surface area contributed by atoms with E-state index in [0.717, 1.165) is 16.9 Å². The van der Waals surface area contributed by atoms with Gasteiger partial charge in [0.05, 0.1) is 25.6 Å². The molecule has 0 spiro atoms. The molecule has 0 aliphatic rings. The molecule has 1 rings (SSSR count). The van der Waals surface area contributed by atoms with E-state index < -0.39 is 9.84 Å². The Labute approximate surface area is 191 Å². The van der Waals surface area contributed by atoms with Gasteiger partial charge in [0, 0.05) is 38.6 Å². The molecule has 0 radical (unpaired) electrons. The highest BCUT2D eigenvalue weighted by Crippen LogP contribution is 2.20. The van der Waals surface area contributed by atoms with Crippen molar-refractivity contribution in [3.05, 3.63) is 29.3 Å². The zero-order chi connectivity index (χ0) is 20.8. The Morgan fingerprint density at radius 2 is 1.86 bits per heavy atom. The number of hydrogen-bond donors (Lipinski definition) is 2. The first-order valence-corrected chi connectivity index (χ1v) is 11.4. The zero-order valence-electron chi connectivity index (χ0n) is 17.7. The van der Waals surface area contributed by atoms with Crippen molar-refractivity contribution in [2.75, 3.05) is 58.6 Å².